The Bertz CT molecular complexity index is 1340. The highest BCUT2D eigenvalue weighted by molar-refractivity contribution is 6.51. The van der Waals surface area contributed by atoms with E-state index in [2.05, 4.69) is 6.92 Å². The zero-order chi connectivity index (χ0) is 26.7. The fourth-order valence-electron chi connectivity index (χ4n) is 4.71. The van der Waals surface area contributed by atoms with Crippen molar-refractivity contribution in [3.05, 3.63) is 94.6 Å². The average Bonchev–Trinajstić information content (AvgIpc) is 3.18. The SMILES string of the molecule is CCOc1ccc(/C(O)=C2/C(=O)C(=O)N(c3ccc(CC)cc3)C2c2cccc(OC)c2)cc1C(C)C. The van der Waals surface area contributed by atoms with E-state index in [-0.39, 0.29) is 17.3 Å². The van der Waals surface area contributed by atoms with Gasteiger partial charge in [-0.15, -0.1) is 0 Å². The van der Waals surface area contributed by atoms with Crippen molar-refractivity contribution < 1.29 is 24.2 Å². The quantitative estimate of drug-likeness (QED) is 0.220. The number of carbonyl (C=O) groups is 2. The Labute approximate surface area is 218 Å². The number of benzene rings is 3. The molecule has 0 spiro atoms. The van der Waals surface area contributed by atoms with E-state index in [9.17, 15) is 14.7 Å². The summed E-state index contributed by atoms with van der Waals surface area (Å²) in [6.45, 7) is 8.57. The molecule has 0 bridgehead atoms. The predicted molar refractivity (Wildman–Crippen MR) is 145 cm³/mol. The van der Waals surface area contributed by atoms with Gasteiger partial charge in [0.25, 0.3) is 11.7 Å². The van der Waals surface area contributed by atoms with Crippen molar-refractivity contribution in [3.8, 4) is 11.5 Å². The zero-order valence-electron chi connectivity index (χ0n) is 21.9. The van der Waals surface area contributed by atoms with Crippen LogP contribution in [0.15, 0.2) is 72.3 Å². The second-order valence-corrected chi connectivity index (χ2v) is 9.31. The van der Waals surface area contributed by atoms with Gasteiger partial charge in [0.1, 0.15) is 17.3 Å². The first-order chi connectivity index (χ1) is 17.8. The molecule has 1 unspecified atom stereocenters. The fraction of sp³-hybridized carbons (Fsp3) is 0.290. The second kappa shape index (κ2) is 10.9. The van der Waals surface area contributed by atoms with E-state index in [0.29, 0.717) is 29.2 Å². The van der Waals surface area contributed by atoms with Gasteiger partial charge >= 0.3 is 0 Å². The van der Waals surface area contributed by atoms with Crippen molar-refractivity contribution in [1.29, 1.82) is 0 Å². The van der Waals surface area contributed by atoms with Gasteiger partial charge in [-0.3, -0.25) is 14.5 Å². The lowest BCUT2D eigenvalue weighted by molar-refractivity contribution is -0.132. The summed E-state index contributed by atoms with van der Waals surface area (Å²) in [7, 11) is 1.56. The molecule has 6 heteroatoms. The van der Waals surface area contributed by atoms with E-state index >= 15 is 0 Å². The van der Waals surface area contributed by atoms with Crippen LogP contribution in [0.3, 0.4) is 0 Å². The van der Waals surface area contributed by atoms with Gasteiger partial charge in [-0.25, -0.2) is 0 Å². The smallest absolute Gasteiger partial charge is 0.300 e. The molecule has 1 heterocycles. The third-order valence-corrected chi connectivity index (χ3v) is 6.68. The number of hydrogen-bond acceptors (Lipinski definition) is 5. The summed E-state index contributed by atoms with van der Waals surface area (Å²) in [6, 6.07) is 19.3. The number of amides is 1. The Morgan fingerprint density at radius 3 is 2.35 bits per heavy atom. The van der Waals surface area contributed by atoms with Crippen LogP contribution in [0.4, 0.5) is 5.69 Å². The second-order valence-electron chi connectivity index (χ2n) is 9.31. The number of methoxy groups -OCH3 is 1. The van der Waals surface area contributed by atoms with Crippen LogP contribution in [-0.2, 0) is 16.0 Å². The number of carbonyl (C=O) groups excluding carboxylic acids is 2. The van der Waals surface area contributed by atoms with E-state index in [1.807, 2.05) is 63.2 Å². The molecule has 37 heavy (non-hydrogen) atoms. The van der Waals surface area contributed by atoms with Crippen molar-refractivity contribution >= 4 is 23.1 Å². The van der Waals surface area contributed by atoms with Crippen LogP contribution in [0.1, 0.15) is 61.9 Å². The van der Waals surface area contributed by atoms with Crippen molar-refractivity contribution in [3.63, 3.8) is 0 Å². The molecule has 1 aliphatic heterocycles. The highest BCUT2D eigenvalue weighted by Gasteiger charge is 2.47. The molecule has 0 radical (unpaired) electrons. The highest BCUT2D eigenvalue weighted by atomic mass is 16.5. The monoisotopic (exact) mass is 499 g/mol. The number of aryl methyl sites for hydroxylation is 1. The summed E-state index contributed by atoms with van der Waals surface area (Å²) >= 11 is 0. The lowest BCUT2D eigenvalue weighted by Crippen LogP contribution is -2.29. The summed E-state index contributed by atoms with van der Waals surface area (Å²) in [5.41, 5.74) is 3.77. The Hall–Kier alpha value is -4.06. The molecule has 1 aliphatic rings. The highest BCUT2D eigenvalue weighted by Crippen LogP contribution is 2.43. The van der Waals surface area contributed by atoms with E-state index in [1.54, 1.807) is 31.4 Å². The number of nitrogens with zero attached hydrogens (tertiary/aromatic N) is 1. The minimum absolute atomic E-state index is 0.0386. The number of ether oxygens (including phenoxy) is 2. The third kappa shape index (κ3) is 4.96. The molecule has 0 aliphatic carbocycles. The van der Waals surface area contributed by atoms with Crippen LogP contribution in [0.25, 0.3) is 5.76 Å². The van der Waals surface area contributed by atoms with Crippen molar-refractivity contribution in [2.24, 2.45) is 0 Å². The largest absolute Gasteiger partial charge is 0.507 e. The molecule has 1 amide bonds. The van der Waals surface area contributed by atoms with Crippen LogP contribution < -0.4 is 14.4 Å². The zero-order valence-corrected chi connectivity index (χ0v) is 21.9. The summed E-state index contributed by atoms with van der Waals surface area (Å²) in [5.74, 6) is -0.187. The van der Waals surface area contributed by atoms with Crippen LogP contribution in [0.5, 0.6) is 11.5 Å². The number of rotatable bonds is 8. The maximum absolute atomic E-state index is 13.5. The summed E-state index contributed by atoms with van der Waals surface area (Å²) in [6.07, 6.45) is 0.855. The molecule has 6 nitrogen and oxygen atoms in total. The number of anilines is 1. The molecule has 1 atom stereocenters. The normalized spacial score (nSPS) is 16.9. The minimum Gasteiger partial charge on any atom is -0.507 e. The number of aliphatic hydroxyl groups is 1. The van der Waals surface area contributed by atoms with Gasteiger partial charge in [-0.05, 0) is 78.4 Å². The topological polar surface area (TPSA) is 76.1 Å². The van der Waals surface area contributed by atoms with Crippen molar-refractivity contribution in [2.75, 3.05) is 18.6 Å². The molecule has 1 N–H and O–H groups in total. The molecule has 0 aromatic heterocycles. The summed E-state index contributed by atoms with van der Waals surface area (Å²) in [5, 5.41) is 11.5. The Balaban J connectivity index is 1.93. The van der Waals surface area contributed by atoms with E-state index in [0.717, 1.165) is 23.3 Å². The number of ketones is 1. The van der Waals surface area contributed by atoms with Crippen LogP contribution in [0.2, 0.25) is 0 Å². The molecule has 1 fully saturated rings. The number of Topliss-reactive ketones (excluding diaryl/α,β-unsaturated/α-hetero) is 1. The first-order valence-electron chi connectivity index (χ1n) is 12.6. The Morgan fingerprint density at radius 1 is 1.00 bits per heavy atom. The van der Waals surface area contributed by atoms with Gasteiger partial charge in [0.15, 0.2) is 0 Å². The minimum atomic E-state index is -0.823. The third-order valence-electron chi connectivity index (χ3n) is 6.68. The summed E-state index contributed by atoms with van der Waals surface area (Å²) < 4.78 is 11.2. The van der Waals surface area contributed by atoms with Gasteiger partial charge in [0.2, 0.25) is 0 Å². The van der Waals surface area contributed by atoms with Crippen LogP contribution in [0, 0.1) is 0 Å². The molecule has 1 saturated heterocycles. The van der Waals surface area contributed by atoms with Gasteiger partial charge in [-0.1, -0.05) is 45.0 Å². The van der Waals surface area contributed by atoms with Crippen molar-refractivity contribution in [1.82, 2.24) is 0 Å². The molecular weight excluding hydrogens is 466 g/mol. The van der Waals surface area contributed by atoms with Crippen LogP contribution >= 0.6 is 0 Å². The number of aliphatic hydroxyl groups excluding tert-OH is 1. The molecule has 0 saturated carbocycles. The van der Waals surface area contributed by atoms with E-state index in [1.165, 1.54) is 4.90 Å². The van der Waals surface area contributed by atoms with Gasteiger partial charge in [0, 0.05) is 11.3 Å². The Morgan fingerprint density at radius 2 is 1.73 bits per heavy atom. The standard InChI is InChI=1S/C31H33NO5/c1-6-20-11-14-23(15-12-20)32-28(21-9-8-10-24(17-21)36-5)27(30(34)31(32)35)29(33)22-13-16-26(37-7-2)25(18-22)19(3)4/h8-19,28,33H,6-7H2,1-5H3/b29-27-. The molecule has 4 rings (SSSR count). The maximum atomic E-state index is 13.5. The maximum Gasteiger partial charge on any atom is 0.300 e. The average molecular weight is 500 g/mol. The fourth-order valence-corrected chi connectivity index (χ4v) is 4.71. The Kier molecular flexibility index (Phi) is 7.67. The lowest BCUT2D eigenvalue weighted by Gasteiger charge is -2.26. The van der Waals surface area contributed by atoms with Gasteiger partial charge < -0.3 is 14.6 Å². The molecule has 3 aromatic carbocycles. The van der Waals surface area contributed by atoms with E-state index in [4.69, 9.17) is 9.47 Å². The summed E-state index contributed by atoms with van der Waals surface area (Å²) in [4.78, 5) is 28.4. The molecular formula is C31H33NO5. The predicted octanol–water partition coefficient (Wildman–Crippen LogP) is 6.41. The molecule has 3 aromatic rings. The number of hydrogen-bond donors (Lipinski definition) is 1. The first kappa shape index (κ1) is 26.0. The first-order valence-corrected chi connectivity index (χ1v) is 12.6. The van der Waals surface area contributed by atoms with E-state index < -0.39 is 17.7 Å². The van der Waals surface area contributed by atoms with Crippen molar-refractivity contribution in [2.45, 2.75) is 46.1 Å². The molecule has 192 valence electrons. The van der Waals surface area contributed by atoms with Gasteiger partial charge in [0.05, 0.1) is 25.3 Å². The van der Waals surface area contributed by atoms with Crippen LogP contribution in [-0.4, -0.2) is 30.5 Å². The van der Waals surface area contributed by atoms with Gasteiger partial charge in [-0.2, -0.15) is 0 Å². The lowest BCUT2D eigenvalue weighted by atomic mass is 9.93.